The minimum Gasteiger partial charge on any atom is -0.497 e. The maximum absolute atomic E-state index is 13.0. The second kappa shape index (κ2) is 8.34. The summed E-state index contributed by atoms with van der Waals surface area (Å²) in [5.74, 6) is 0.173. The van der Waals surface area contributed by atoms with Gasteiger partial charge in [0.2, 0.25) is 0 Å². The quantitative estimate of drug-likeness (QED) is 0.534. The van der Waals surface area contributed by atoms with Crippen molar-refractivity contribution in [1.29, 1.82) is 0 Å². The third-order valence-electron chi connectivity index (χ3n) is 5.91. The Morgan fingerprint density at radius 3 is 2.40 bits per heavy atom. The number of ketones is 1. The first-order valence-electron chi connectivity index (χ1n) is 10.2. The van der Waals surface area contributed by atoms with E-state index in [2.05, 4.69) is 5.32 Å². The molecule has 3 amide bonds. The molecule has 1 atom stereocenters. The van der Waals surface area contributed by atoms with Gasteiger partial charge in [-0.25, -0.2) is 4.79 Å². The molecule has 7 nitrogen and oxygen atoms in total. The van der Waals surface area contributed by atoms with Gasteiger partial charge in [0, 0.05) is 23.5 Å². The summed E-state index contributed by atoms with van der Waals surface area (Å²) in [7, 11) is 1.61. The van der Waals surface area contributed by atoms with E-state index in [9.17, 15) is 14.4 Å². The third kappa shape index (κ3) is 3.97. The van der Waals surface area contributed by atoms with E-state index < -0.39 is 11.6 Å². The van der Waals surface area contributed by atoms with Crippen LogP contribution in [-0.2, 0) is 17.8 Å². The van der Waals surface area contributed by atoms with Crippen LogP contribution in [0, 0.1) is 13.8 Å². The number of amides is 3. The molecule has 1 fully saturated rings. The summed E-state index contributed by atoms with van der Waals surface area (Å²) in [4.78, 5) is 39.4. The number of carbonyl (C=O) groups excluding carboxylic acids is 3. The lowest BCUT2D eigenvalue weighted by Crippen LogP contribution is -2.44. The molecular formula is C23H29N3O4. The van der Waals surface area contributed by atoms with Crippen LogP contribution in [0.3, 0.4) is 0 Å². The summed E-state index contributed by atoms with van der Waals surface area (Å²) in [6, 6.07) is 8.91. The van der Waals surface area contributed by atoms with Gasteiger partial charge in [-0.1, -0.05) is 12.1 Å². The van der Waals surface area contributed by atoms with Crippen LogP contribution in [0.4, 0.5) is 4.79 Å². The van der Waals surface area contributed by atoms with Gasteiger partial charge in [0.05, 0.1) is 13.7 Å². The van der Waals surface area contributed by atoms with Gasteiger partial charge in [-0.15, -0.1) is 0 Å². The average molecular weight is 412 g/mol. The standard InChI is InChI=1S/C23H29N3O4/c1-6-25-15(2)13-19(16(25)3)20(27)14-26-21(28)23(4,24-22(26)29)12-11-17-7-9-18(30-5)10-8-17/h7-10,13H,6,11-12,14H2,1-5H3,(H,24,29)/t23-/m0/s1. The van der Waals surface area contributed by atoms with Crippen molar-refractivity contribution < 1.29 is 19.1 Å². The zero-order valence-corrected chi connectivity index (χ0v) is 18.2. The molecule has 2 heterocycles. The number of Topliss-reactive ketones (excluding diaryl/α,β-unsaturated/α-hetero) is 1. The number of nitrogens with zero attached hydrogens (tertiary/aromatic N) is 2. The van der Waals surface area contributed by atoms with Crippen LogP contribution in [0.15, 0.2) is 30.3 Å². The van der Waals surface area contributed by atoms with Gasteiger partial charge in [-0.05, 0) is 64.3 Å². The molecule has 7 heteroatoms. The molecular weight excluding hydrogens is 382 g/mol. The first-order chi connectivity index (χ1) is 14.2. The lowest BCUT2D eigenvalue weighted by Gasteiger charge is -2.21. The number of aromatic nitrogens is 1. The zero-order valence-electron chi connectivity index (χ0n) is 18.2. The van der Waals surface area contributed by atoms with Gasteiger partial charge in [0.1, 0.15) is 11.3 Å². The Morgan fingerprint density at radius 1 is 1.17 bits per heavy atom. The van der Waals surface area contributed by atoms with E-state index in [0.717, 1.165) is 34.1 Å². The highest BCUT2D eigenvalue weighted by molar-refractivity contribution is 6.11. The van der Waals surface area contributed by atoms with Crippen molar-refractivity contribution in [2.75, 3.05) is 13.7 Å². The van der Waals surface area contributed by atoms with E-state index in [1.807, 2.05) is 55.7 Å². The highest BCUT2D eigenvalue weighted by atomic mass is 16.5. The lowest BCUT2D eigenvalue weighted by atomic mass is 9.93. The second-order valence-corrected chi connectivity index (χ2v) is 7.95. The summed E-state index contributed by atoms with van der Waals surface area (Å²) < 4.78 is 7.20. The van der Waals surface area contributed by atoms with E-state index in [1.165, 1.54) is 0 Å². The molecule has 1 N–H and O–H groups in total. The van der Waals surface area contributed by atoms with Crippen molar-refractivity contribution in [2.24, 2.45) is 0 Å². The lowest BCUT2D eigenvalue weighted by molar-refractivity contribution is -0.130. The molecule has 3 rings (SSSR count). The minimum atomic E-state index is -1.03. The normalized spacial score (nSPS) is 18.6. The molecule has 2 aromatic rings. The van der Waals surface area contributed by atoms with Crippen molar-refractivity contribution in [3.05, 3.63) is 52.8 Å². The van der Waals surface area contributed by atoms with Crippen LogP contribution >= 0.6 is 0 Å². The molecule has 0 spiro atoms. The smallest absolute Gasteiger partial charge is 0.325 e. The zero-order chi connectivity index (χ0) is 22.1. The number of hydrogen-bond donors (Lipinski definition) is 1. The van der Waals surface area contributed by atoms with Gasteiger partial charge >= 0.3 is 6.03 Å². The molecule has 30 heavy (non-hydrogen) atoms. The molecule has 1 aromatic carbocycles. The van der Waals surface area contributed by atoms with Crippen molar-refractivity contribution in [2.45, 2.75) is 52.6 Å². The highest BCUT2D eigenvalue weighted by Gasteiger charge is 2.47. The fraction of sp³-hybridized carbons (Fsp3) is 0.435. The average Bonchev–Trinajstić information content (AvgIpc) is 3.13. The van der Waals surface area contributed by atoms with Crippen molar-refractivity contribution in [1.82, 2.24) is 14.8 Å². The molecule has 0 radical (unpaired) electrons. The van der Waals surface area contributed by atoms with Crippen LogP contribution < -0.4 is 10.1 Å². The number of methoxy groups -OCH3 is 1. The molecule has 1 aromatic heterocycles. The minimum absolute atomic E-state index is 0.231. The number of nitrogens with one attached hydrogen (secondary N) is 1. The van der Waals surface area contributed by atoms with E-state index >= 15 is 0 Å². The first kappa shape index (κ1) is 21.6. The van der Waals surface area contributed by atoms with Gasteiger partial charge < -0.3 is 14.6 Å². The number of hydrogen-bond acceptors (Lipinski definition) is 4. The van der Waals surface area contributed by atoms with Crippen LogP contribution in [0.25, 0.3) is 0 Å². The molecule has 1 saturated heterocycles. The summed E-state index contributed by atoms with van der Waals surface area (Å²) in [6.45, 7) is 8.06. The topological polar surface area (TPSA) is 80.6 Å². The first-order valence-corrected chi connectivity index (χ1v) is 10.2. The number of ether oxygens (including phenoxy) is 1. The van der Waals surface area contributed by atoms with E-state index in [1.54, 1.807) is 14.0 Å². The Kier molecular flexibility index (Phi) is 6.01. The van der Waals surface area contributed by atoms with Gasteiger partial charge in [-0.3, -0.25) is 14.5 Å². The second-order valence-electron chi connectivity index (χ2n) is 7.95. The fourth-order valence-electron chi connectivity index (χ4n) is 4.05. The molecule has 1 aliphatic rings. The molecule has 0 aliphatic carbocycles. The van der Waals surface area contributed by atoms with Crippen molar-refractivity contribution in [3.63, 3.8) is 0 Å². The Labute approximate surface area is 177 Å². The predicted molar refractivity (Wildman–Crippen MR) is 114 cm³/mol. The Morgan fingerprint density at radius 2 is 1.83 bits per heavy atom. The number of aryl methyl sites for hydroxylation is 2. The van der Waals surface area contributed by atoms with Crippen LogP contribution in [0.1, 0.15) is 47.6 Å². The number of urea groups is 1. The van der Waals surface area contributed by atoms with E-state index in [4.69, 9.17) is 4.74 Å². The van der Waals surface area contributed by atoms with Crippen LogP contribution in [0.2, 0.25) is 0 Å². The fourth-order valence-corrected chi connectivity index (χ4v) is 4.05. The summed E-state index contributed by atoms with van der Waals surface area (Å²) >= 11 is 0. The summed E-state index contributed by atoms with van der Waals surface area (Å²) in [6.07, 6.45) is 1.06. The maximum atomic E-state index is 13.0. The largest absolute Gasteiger partial charge is 0.497 e. The Hall–Kier alpha value is -3.09. The molecule has 0 bridgehead atoms. The molecule has 0 unspecified atom stereocenters. The van der Waals surface area contributed by atoms with Gasteiger partial charge in [-0.2, -0.15) is 0 Å². The van der Waals surface area contributed by atoms with Gasteiger partial charge in [0.25, 0.3) is 5.91 Å². The number of benzene rings is 1. The van der Waals surface area contributed by atoms with Crippen molar-refractivity contribution >= 4 is 17.7 Å². The number of carbonyl (C=O) groups is 3. The van der Waals surface area contributed by atoms with Crippen molar-refractivity contribution in [3.8, 4) is 5.75 Å². The highest BCUT2D eigenvalue weighted by Crippen LogP contribution is 2.25. The number of rotatable bonds is 8. The third-order valence-corrected chi connectivity index (χ3v) is 5.91. The summed E-state index contributed by atoms with van der Waals surface area (Å²) in [5.41, 5.74) is 2.41. The van der Waals surface area contributed by atoms with E-state index in [-0.39, 0.29) is 18.2 Å². The van der Waals surface area contributed by atoms with Crippen LogP contribution in [0.5, 0.6) is 5.75 Å². The predicted octanol–water partition coefficient (Wildman–Crippen LogP) is 3.26. The van der Waals surface area contributed by atoms with E-state index in [0.29, 0.717) is 18.4 Å². The Bertz CT molecular complexity index is 977. The Balaban J connectivity index is 1.69. The molecule has 0 saturated carbocycles. The van der Waals surface area contributed by atoms with Crippen LogP contribution in [-0.4, -0.2) is 46.4 Å². The number of imide groups is 1. The SMILES string of the molecule is CCn1c(C)cc(C(=O)CN2C(=O)N[C@@](C)(CCc3ccc(OC)cc3)C2=O)c1C. The summed E-state index contributed by atoms with van der Waals surface area (Å²) in [5, 5.41) is 2.78. The maximum Gasteiger partial charge on any atom is 0.325 e. The monoisotopic (exact) mass is 411 g/mol. The van der Waals surface area contributed by atoms with Gasteiger partial charge in [0.15, 0.2) is 5.78 Å². The molecule has 160 valence electrons. The molecule has 1 aliphatic heterocycles.